The number of amides is 2. The predicted octanol–water partition coefficient (Wildman–Crippen LogP) is 2.39. The second-order valence-electron chi connectivity index (χ2n) is 6.48. The highest BCUT2D eigenvalue weighted by Crippen LogP contribution is 2.20. The van der Waals surface area contributed by atoms with Crippen LogP contribution in [0.15, 0.2) is 54.7 Å². The second-order valence-corrected chi connectivity index (χ2v) is 6.48. The molecule has 1 heterocycles. The lowest BCUT2D eigenvalue weighted by molar-refractivity contribution is -0.125. The van der Waals surface area contributed by atoms with Crippen molar-refractivity contribution in [2.24, 2.45) is 0 Å². The number of hydrogen-bond acceptors (Lipinski definition) is 3. The summed E-state index contributed by atoms with van der Waals surface area (Å²) in [6.07, 6.45) is 2.83. The van der Waals surface area contributed by atoms with Gasteiger partial charge < -0.3 is 20.7 Å². The molecule has 0 bridgehead atoms. The quantitative estimate of drug-likeness (QED) is 0.518. The Kier molecular flexibility index (Phi) is 5.88. The van der Waals surface area contributed by atoms with Crippen molar-refractivity contribution in [3.8, 4) is 0 Å². The molecule has 0 fully saturated rings. The third kappa shape index (κ3) is 4.74. The van der Waals surface area contributed by atoms with Crippen molar-refractivity contribution in [1.82, 2.24) is 10.3 Å². The van der Waals surface area contributed by atoms with Gasteiger partial charge in [0, 0.05) is 42.7 Å². The smallest absolute Gasteiger partial charge is 0.247 e. The van der Waals surface area contributed by atoms with Gasteiger partial charge in [0.2, 0.25) is 11.8 Å². The van der Waals surface area contributed by atoms with E-state index in [1.807, 2.05) is 42.6 Å². The van der Waals surface area contributed by atoms with E-state index in [0.29, 0.717) is 18.5 Å². The standard InChI is InChI=1S/C21H23N3O3/c1-14(26)23-20(12-16-13-22-19-5-3-2-4-18(16)19)21(27)24-17-8-6-15(7-9-17)10-11-25/h2-9,13,20,22,25H,10-12H2,1H3,(H,23,26)(H,24,27). The zero-order valence-corrected chi connectivity index (χ0v) is 15.2. The summed E-state index contributed by atoms with van der Waals surface area (Å²) in [5, 5.41) is 15.6. The van der Waals surface area contributed by atoms with E-state index in [-0.39, 0.29) is 18.4 Å². The maximum atomic E-state index is 12.7. The third-order valence-electron chi connectivity index (χ3n) is 4.41. The Balaban J connectivity index is 1.75. The van der Waals surface area contributed by atoms with Gasteiger partial charge in [-0.3, -0.25) is 9.59 Å². The van der Waals surface area contributed by atoms with E-state index >= 15 is 0 Å². The van der Waals surface area contributed by atoms with Gasteiger partial charge in [-0.05, 0) is 35.7 Å². The Bertz CT molecular complexity index is 931. The minimum atomic E-state index is -0.682. The first-order chi connectivity index (χ1) is 13.1. The maximum Gasteiger partial charge on any atom is 0.247 e. The molecule has 0 saturated carbocycles. The molecule has 27 heavy (non-hydrogen) atoms. The first kappa shape index (κ1) is 18.7. The lowest BCUT2D eigenvalue weighted by Gasteiger charge is -2.17. The molecule has 1 atom stereocenters. The molecule has 2 amide bonds. The van der Waals surface area contributed by atoms with Gasteiger partial charge in [0.15, 0.2) is 0 Å². The average Bonchev–Trinajstić information content (AvgIpc) is 3.06. The van der Waals surface area contributed by atoms with Crippen LogP contribution in [0.1, 0.15) is 18.1 Å². The molecule has 0 aliphatic rings. The molecule has 6 nitrogen and oxygen atoms in total. The Hall–Kier alpha value is -3.12. The highest BCUT2D eigenvalue weighted by Gasteiger charge is 2.21. The minimum Gasteiger partial charge on any atom is -0.396 e. The number of H-pyrrole nitrogens is 1. The van der Waals surface area contributed by atoms with Crippen LogP contribution in [-0.4, -0.2) is 34.6 Å². The van der Waals surface area contributed by atoms with Gasteiger partial charge in [0.25, 0.3) is 0 Å². The monoisotopic (exact) mass is 365 g/mol. The van der Waals surface area contributed by atoms with Crippen LogP contribution in [0.3, 0.4) is 0 Å². The molecule has 3 aromatic rings. The summed E-state index contributed by atoms with van der Waals surface area (Å²) in [5.74, 6) is -0.529. The van der Waals surface area contributed by atoms with Crippen LogP contribution in [0.5, 0.6) is 0 Å². The lowest BCUT2D eigenvalue weighted by Crippen LogP contribution is -2.44. The summed E-state index contributed by atoms with van der Waals surface area (Å²) < 4.78 is 0. The molecule has 0 radical (unpaired) electrons. The van der Waals surface area contributed by atoms with Gasteiger partial charge in [-0.2, -0.15) is 0 Å². The maximum absolute atomic E-state index is 12.7. The van der Waals surface area contributed by atoms with Crippen molar-refractivity contribution in [3.05, 3.63) is 65.9 Å². The largest absolute Gasteiger partial charge is 0.396 e. The molecule has 6 heteroatoms. The molecule has 4 N–H and O–H groups in total. The van der Waals surface area contributed by atoms with Gasteiger partial charge in [-0.1, -0.05) is 30.3 Å². The molecule has 0 saturated heterocycles. The van der Waals surface area contributed by atoms with E-state index in [4.69, 9.17) is 5.11 Å². The molecule has 1 unspecified atom stereocenters. The number of aromatic nitrogens is 1. The summed E-state index contributed by atoms with van der Waals surface area (Å²) in [7, 11) is 0. The number of carbonyl (C=O) groups is 2. The van der Waals surface area contributed by atoms with Crippen LogP contribution in [0.4, 0.5) is 5.69 Å². The number of carbonyl (C=O) groups excluding carboxylic acids is 2. The Morgan fingerprint density at radius 3 is 2.56 bits per heavy atom. The minimum absolute atomic E-state index is 0.0843. The first-order valence-electron chi connectivity index (χ1n) is 8.89. The number of rotatable bonds is 7. The fourth-order valence-electron chi connectivity index (χ4n) is 3.09. The van der Waals surface area contributed by atoms with Crippen molar-refractivity contribution in [2.75, 3.05) is 11.9 Å². The van der Waals surface area contributed by atoms with Crippen molar-refractivity contribution in [1.29, 1.82) is 0 Å². The van der Waals surface area contributed by atoms with E-state index in [9.17, 15) is 9.59 Å². The van der Waals surface area contributed by atoms with E-state index in [0.717, 1.165) is 22.0 Å². The number of hydrogen-bond donors (Lipinski definition) is 4. The molecule has 140 valence electrons. The molecule has 0 aliphatic carbocycles. The van der Waals surface area contributed by atoms with Crippen molar-refractivity contribution < 1.29 is 14.7 Å². The number of aliphatic hydroxyl groups is 1. The summed E-state index contributed by atoms with van der Waals surface area (Å²) >= 11 is 0. The second kappa shape index (κ2) is 8.51. The fourth-order valence-corrected chi connectivity index (χ4v) is 3.09. The molecule has 0 aliphatic heterocycles. The van der Waals surface area contributed by atoms with Crippen molar-refractivity contribution in [2.45, 2.75) is 25.8 Å². The van der Waals surface area contributed by atoms with Crippen LogP contribution in [0, 0.1) is 0 Å². The third-order valence-corrected chi connectivity index (χ3v) is 4.41. The van der Waals surface area contributed by atoms with Gasteiger partial charge >= 0.3 is 0 Å². The van der Waals surface area contributed by atoms with E-state index < -0.39 is 6.04 Å². The average molecular weight is 365 g/mol. The van der Waals surface area contributed by atoms with Crippen molar-refractivity contribution in [3.63, 3.8) is 0 Å². The molecule has 2 aromatic carbocycles. The van der Waals surface area contributed by atoms with Crippen LogP contribution < -0.4 is 10.6 Å². The first-order valence-corrected chi connectivity index (χ1v) is 8.89. The number of benzene rings is 2. The van der Waals surface area contributed by atoms with Crippen LogP contribution in [-0.2, 0) is 22.4 Å². The highest BCUT2D eigenvalue weighted by molar-refractivity contribution is 5.97. The van der Waals surface area contributed by atoms with E-state index in [1.165, 1.54) is 6.92 Å². The van der Waals surface area contributed by atoms with Gasteiger partial charge in [-0.25, -0.2) is 0 Å². The summed E-state index contributed by atoms with van der Waals surface area (Å²) in [4.78, 5) is 27.5. The van der Waals surface area contributed by atoms with Gasteiger partial charge in [-0.15, -0.1) is 0 Å². The number of fused-ring (bicyclic) bond motifs is 1. The fraction of sp³-hybridized carbons (Fsp3) is 0.238. The molecule has 3 rings (SSSR count). The summed E-state index contributed by atoms with van der Waals surface area (Å²) in [5.41, 5.74) is 3.61. The SMILES string of the molecule is CC(=O)NC(Cc1c[nH]c2ccccc12)C(=O)Nc1ccc(CCO)cc1. The van der Waals surface area contributed by atoms with E-state index in [1.54, 1.807) is 12.1 Å². The zero-order valence-electron chi connectivity index (χ0n) is 15.2. The Morgan fingerprint density at radius 1 is 1.11 bits per heavy atom. The lowest BCUT2D eigenvalue weighted by atomic mass is 10.0. The Morgan fingerprint density at radius 2 is 1.85 bits per heavy atom. The summed E-state index contributed by atoms with van der Waals surface area (Å²) in [6.45, 7) is 1.49. The number of anilines is 1. The zero-order chi connectivity index (χ0) is 19.2. The summed E-state index contributed by atoms with van der Waals surface area (Å²) in [6, 6.07) is 14.5. The normalized spacial score (nSPS) is 11.9. The number of aromatic amines is 1. The van der Waals surface area contributed by atoms with Gasteiger partial charge in [0.1, 0.15) is 6.04 Å². The highest BCUT2D eigenvalue weighted by atomic mass is 16.3. The molecular formula is C21H23N3O3. The molecule has 0 spiro atoms. The van der Waals surface area contributed by atoms with Crippen molar-refractivity contribution >= 4 is 28.4 Å². The van der Waals surface area contributed by atoms with Crippen LogP contribution >= 0.6 is 0 Å². The number of para-hydroxylation sites is 1. The molecular weight excluding hydrogens is 342 g/mol. The number of nitrogens with one attached hydrogen (secondary N) is 3. The molecule has 1 aromatic heterocycles. The van der Waals surface area contributed by atoms with Crippen LogP contribution in [0.25, 0.3) is 10.9 Å². The topological polar surface area (TPSA) is 94.2 Å². The predicted molar refractivity (Wildman–Crippen MR) is 105 cm³/mol. The Labute approximate surface area is 157 Å². The van der Waals surface area contributed by atoms with Gasteiger partial charge in [0.05, 0.1) is 0 Å². The van der Waals surface area contributed by atoms with E-state index in [2.05, 4.69) is 15.6 Å². The van der Waals surface area contributed by atoms with Crippen LogP contribution in [0.2, 0.25) is 0 Å². The number of aliphatic hydroxyl groups excluding tert-OH is 1.